The standard InChI is InChI=1S/C27H32F3N3O/c1-3-5-8-16-33(26(34)31-25-15-7-6-12-22(25)4-2)20-24-14-10-17-32(24)19-21-11-9-13-23(18-21)27(28,29)30/h6-7,9-15,17-18H,3-5,8,16,19-20H2,1-2H3,(H,31,34). The summed E-state index contributed by atoms with van der Waals surface area (Å²) in [6.07, 6.45) is 1.21. The number of nitrogens with one attached hydrogen (secondary N) is 1. The van der Waals surface area contributed by atoms with Crippen LogP contribution in [0, 0.1) is 0 Å². The van der Waals surface area contributed by atoms with Crippen LogP contribution in [0.5, 0.6) is 0 Å². The van der Waals surface area contributed by atoms with E-state index in [4.69, 9.17) is 0 Å². The van der Waals surface area contributed by atoms with Gasteiger partial charge in [-0.1, -0.05) is 57.0 Å². The fraction of sp³-hybridized carbons (Fsp3) is 0.370. The second kappa shape index (κ2) is 11.8. The molecule has 0 aliphatic rings. The number of nitrogens with zero attached hydrogens (tertiary/aromatic N) is 2. The van der Waals surface area contributed by atoms with Crippen LogP contribution >= 0.6 is 0 Å². The van der Waals surface area contributed by atoms with Crippen LogP contribution in [0.25, 0.3) is 0 Å². The first-order valence-corrected chi connectivity index (χ1v) is 11.8. The van der Waals surface area contributed by atoms with Gasteiger partial charge < -0.3 is 14.8 Å². The van der Waals surface area contributed by atoms with E-state index in [2.05, 4.69) is 12.2 Å². The van der Waals surface area contributed by atoms with E-state index in [1.165, 1.54) is 12.1 Å². The number of rotatable bonds is 10. The van der Waals surface area contributed by atoms with Gasteiger partial charge in [0.25, 0.3) is 0 Å². The van der Waals surface area contributed by atoms with Crippen LogP contribution in [-0.4, -0.2) is 22.0 Å². The predicted molar refractivity (Wildman–Crippen MR) is 130 cm³/mol. The molecule has 0 bridgehead atoms. The summed E-state index contributed by atoms with van der Waals surface area (Å²) in [4.78, 5) is 15.0. The quantitative estimate of drug-likeness (QED) is 0.309. The number of aromatic nitrogens is 1. The average Bonchev–Trinajstić information content (AvgIpc) is 3.25. The first kappa shape index (κ1) is 25.4. The number of amides is 2. The van der Waals surface area contributed by atoms with Gasteiger partial charge in [-0.2, -0.15) is 13.2 Å². The summed E-state index contributed by atoms with van der Waals surface area (Å²) in [6, 6.07) is 16.7. The fourth-order valence-electron chi connectivity index (χ4n) is 3.94. The number of hydrogen-bond acceptors (Lipinski definition) is 1. The molecule has 2 amide bonds. The smallest absolute Gasteiger partial charge is 0.345 e. The zero-order valence-electron chi connectivity index (χ0n) is 19.7. The maximum atomic E-state index is 13.2. The highest BCUT2D eigenvalue weighted by Gasteiger charge is 2.30. The molecule has 7 heteroatoms. The molecule has 1 N–H and O–H groups in total. The minimum Gasteiger partial charge on any atom is -0.345 e. The van der Waals surface area contributed by atoms with Crippen molar-refractivity contribution in [3.63, 3.8) is 0 Å². The number of aryl methyl sites for hydroxylation is 1. The molecule has 2 aromatic carbocycles. The Hall–Kier alpha value is -3.22. The van der Waals surface area contributed by atoms with Gasteiger partial charge in [0.15, 0.2) is 0 Å². The molecule has 1 heterocycles. The third-order valence-corrected chi connectivity index (χ3v) is 5.84. The Balaban J connectivity index is 1.77. The maximum Gasteiger partial charge on any atom is 0.416 e. The van der Waals surface area contributed by atoms with E-state index < -0.39 is 11.7 Å². The maximum absolute atomic E-state index is 13.2. The van der Waals surface area contributed by atoms with Gasteiger partial charge in [0.1, 0.15) is 0 Å². The van der Waals surface area contributed by atoms with Crippen molar-refractivity contribution in [3.05, 3.63) is 89.2 Å². The third kappa shape index (κ3) is 6.89. The Morgan fingerprint density at radius 3 is 2.53 bits per heavy atom. The monoisotopic (exact) mass is 471 g/mol. The number of urea groups is 1. The zero-order valence-corrected chi connectivity index (χ0v) is 19.7. The molecule has 1 aromatic heterocycles. The lowest BCUT2D eigenvalue weighted by Crippen LogP contribution is -2.36. The van der Waals surface area contributed by atoms with Crippen LogP contribution < -0.4 is 5.32 Å². The second-order valence-corrected chi connectivity index (χ2v) is 8.40. The molecule has 182 valence electrons. The SMILES string of the molecule is CCCCCN(Cc1cccn1Cc1cccc(C(F)(F)F)c1)C(=O)Nc1ccccc1CC. The minimum absolute atomic E-state index is 0.177. The van der Waals surface area contributed by atoms with Gasteiger partial charge in [-0.25, -0.2) is 4.79 Å². The topological polar surface area (TPSA) is 37.3 Å². The molecular weight excluding hydrogens is 439 g/mol. The lowest BCUT2D eigenvalue weighted by atomic mass is 10.1. The molecule has 0 saturated heterocycles. The Bertz CT molecular complexity index is 1070. The predicted octanol–water partition coefficient (Wildman–Crippen LogP) is 7.34. The molecule has 0 fully saturated rings. The molecular formula is C27H32F3N3O. The fourth-order valence-corrected chi connectivity index (χ4v) is 3.94. The van der Waals surface area contributed by atoms with Crippen LogP contribution in [0.3, 0.4) is 0 Å². The molecule has 0 aliphatic carbocycles. The van der Waals surface area contributed by atoms with E-state index in [0.717, 1.165) is 48.7 Å². The molecule has 0 spiro atoms. The first-order valence-electron chi connectivity index (χ1n) is 11.8. The van der Waals surface area contributed by atoms with Crippen LogP contribution in [0.1, 0.15) is 55.5 Å². The van der Waals surface area contributed by atoms with Crippen molar-refractivity contribution in [2.45, 2.75) is 58.8 Å². The number of halogens is 3. The molecule has 4 nitrogen and oxygen atoms in total. The van der Waals surface area contributed by atoms with Crippen molar-refractivity contribution in [2.24, 2.45) is 0 Å². The van der Waals surface area contributed by atoms with Crippen molar-refractivity contribution in [3.8, 4) is 0 Å². The number of hydrogen-bond donors (Lipinski definition) is 1. The summed E-state index contributed by atoms with van der Waals surface area (Å²) in [7, 11) is 0. The summed E-state index contributed by atoms with van der Waals surface area (Å²) in [5.41, 5.74) is 2.64. The van der Waals surface area contributed by atoms with Gasteiger partial charge in [0, 0.05) is 30.7 Å². The summed E-state index contributed by atoms with van der Waals surface area (Å²) < 4.78 is 41.2. The van der Waals surface area contributed by atoms with Crippen molar-refractivity contribution in [1.29, 1.82) is 0 Å². The normalized spacial score (nSPS) is 11.4. The van der Waals surface area contributed by atoms with Gasteiger partial charge in [-0.15, -0.1) is 0 Å². The lowest BCUT2D eigenvalue weighted by Gasteiger charge is -2.25. The van der Waals surface area contributed by atoms with E-state index in [1.807, 2.05) is 54.1 Å². The van der Waals surface area contributed by atoms with Gasteiger partial charge in [0.2, 0.25) is 0 Å². The molecule has 0 aliphatic heterocycles. The Morgan fingerprint density at radius 1 is 1.00 bits per heavy atom. The highest BCUT2D eigenvalue weighted by molar-refractivity contribution is 5.90. The third-order valence-electron chi connectivity index (χ3n) is 5.84. The van der Waals surface area contributed by atoms with E-state index >= 15 is 0 Å². The van der Waals surface area contributed by atoms with Crippen LogP contribution in [0.4, 0.5) is 23.7 Å². The molecule has 34 heavy (non-hydrogen) atoms. The van der Waals surface area contributed by atoms with Crippen LogP contribution in [-0.2, 0) is 25.7 Å². The highest BCUT2D eigenvalue weighted by Crippen LogP contribution is 2.29. The minimum atomic E-state index is -4.38. The molecule has 0 saturated carbocycles. The van der Waals surface area contributed by atoms with E-state index in [0.29, 0.717) is 25.2 Å². The molecule has 0 atom stereocenters. The Kier molecular flexibility index (Phi) is 8.79. The van der Waals surface area contributed by atoms with Gasteiger partial charge >= 0.3 is 12.2 Å². The summed E-state index contributed by atoms with van der Waals surface area (Å²) in [5.74, 6) is 0. The van der Waals surface area contributed by atoms with Crippen molar-refractivity contribution >= 4 is 11.7 Å². The van der Waals surface area contributed by atoms with Crippen molar-refractivity contribution in [2.75, 3.05) is 11.9 Å². The number of unbranched alkanes of at least 4 members (excludes halogenated alkanes) is 2. The van der Waals surface area contributed by atoms with Gasteiger partial charge in [-0.3, -0.25) is 0 Å². The molecule has 0 radical (unpaired) electrons. The first-order chi connectivity index (χ1) is 16.3. The Labute approximate surface area is 199 Å². The van der Waals surface area contributed by atoms with Crippen LogP contribution in [0.15, 0.2) is 66.9 Å². The number of para-hydroxylation sites is 1. The molecule has 3 aromatic rings. The highest BCUT2D eigenvalue weighted by atomic mass is 19.4. The second-order valence-electron chi connectivity index (χ2n) is 8.40. The largest absolute Gasteiger partial charge is 0.416 e. The van der Waals surface area contributed by atoms with E-state index in [1.54, 1.807) is 11.0 Å². The number of carbonyl (C=O) groups excluding carboxylic acids is 1. The summed E-state index contributed by atoms with van der Waals surface area (Å²) >= 11 is 0. The number of benzene rings is 2. The van der Waals surface area contributed by atoms with Crippen molar-refractivity contribution < 1.29 is 18.0 Å². The summed E-state index contributed by atoms with van der Waals surface area (Å²) in [6.45, 7) is 5.43. The van der Waals surface area contributed by atoms with E-state index in [-0.39, 0.29) is 6.03 Å². The number of anilines is 1. The van der Waals surface area contributed by atoms with Crippen molar-refractivity contribution in [1.82, 2.24) is 9.47 Å². The number of carbonyl (C=O) groups is 1. The van der Waals surface area contributed by atoms with Gasteiger partial charge in [0.05, 0.1) is 12.1 Å². The summed E-state index contributed by atoms with van der Waals surface area (Å²) in [5, 5.41) is 3.05. The van der Waals surface area contributed by atoms with Gasteiger partial charge in [-0.05, 0) is 54.3 Å². The lowest BCUT2D eigenvalue weighted by molar-refractivity contribution is -0.137. The van der Waals surface area contributed by atoms with E-state index in [9.17, 15) is 18.0 Å². The Morgan fingerprint density at radius 2 is 1.79 bits per heavy atom. The molecule has 0 unspecified atom stereocenters. The average molecular weight is 472 g/mol. The number of alkyl halides is 3. The van der Waals surface area contributed by atoms with Crippen LogP contribution in [0.2, 0.25) is 0 Å². The zero-order chi connectivity index (χ0) is 24.6. The molecule has 3 rings (SSSR count).